The fourth-order valence-corrected chi connectivity index (χ4v) is 1.05. The summed E-state index contributed by atoms with van der Waals surface area (Å²) in [4.78, 5) is 21.1. The summed E-state index contributed by atoms with van der Waals surface area (Å²) in [6.45, 7) is 0. The van der Waals surface area contributed by atoms with Gasteiger partial charge in [-0.3, -0.25) is 0 Å². The van der Waals surface area contributed by atoms with Crippen LogP contribution < -0.4 is 0 Å². The van der Waals surface area contributed by atoms with Crippen LogP contribution in [0.3, 0.4) is 0 Å². The van der Waals surface area contributed by atoms with Gasteiger partial charge in [-0.25, -0.2) is 9.59 Å². The summed E-state index contributed by atoms with van der Waals surface area (Å²) in [6.07, 6.45) is 0. The molecule has 2 N–H and O–H groups in total. The summed E-state index contributed by atoms with van der Waals surface area (Å²) >= 11 is 5.51. The number of benzene rings is 1. The van der Waals surface area contributed by atoms with Crippen molar-refractivity contribution in [2.75, 3.05) is 0 Å². The maximum absolute atomic E-state index is 10.6. The minimum atomic E-state index is -1.31. The van der Waals surface area contributed by atoms with Gasteiger partial charge in [0.1, 0.15) is 0 Å². The molecule has 0 aliphatic heterocycles. The molecule has 0 saturated carbocycles. The van der Waals surface area contributed by atoms with Crippen LogP contribution in [0.25, 0.3) is 0 Å². The van der Waals surface area contributed by atoms with Crippen molar-refractivity contribution >= 4 is 53.1 Å². The second-order valence-corrected chi connectivity index (χ2v) is 2.74. The third-order valence-corrected chi connectivity index (χ3v) is 1.68. The fraction of sp³-hybridized carbons (Fsp3) is 0. The van der Waals surface area contributed by atoms with E-state index in [-0.39, 0.29) is 45.7 Å². The molecule has 4 nitrogen and oxygen atoms in total. The first-order valence-corrected chi connectivity index (χ1v) is 3.66. The molecule has 0 spiro atoms. The molecule has 0 unspecified atom stereocenters. The van der Waals surface area contributed by atoms with E-state index in [2.05, 4.69) is 0 Å². The Labute approximate surface area is 107 Å². The Bertz CT molecular complexity index is 378. The molecule has 1 aromatic carbocycles. The predicted octanol–water partition coefficient (Wildman–Crippen LogP) is 1.09. The number of carboxylic acid groups (broad SMARTS) is 2. The second kappa shape index (κ2) is 5.36. The first-order chi connectivity index (χ1) is 6.02. The van der Waals surface area contributed by atoms with E-state index in [1.54, 1.807) is 0 Å². The molecule has 0 bridgehead atoms. The van der Waals surface area contributed by atoms with E-state index in [4.69, 9.17) is 21.8 Å². The van der Waals surface area contributed by atoms with Crippen molar-refractivity contribution in [2.24, 2.45) is 0 Å². The van der Waals surface area contributed by atoms with Gasteiger partial charge in [0.15, 0.2) is 0 Å². The van der Waals surface area contributed by atoms with E-state index >= 15 is 0 Å². The molecular formula is C8H6ClNaO4. The van der Waals surface area contributed by atoms with Crippen molar-refractivity contribution < 1.29 is 19.8 Å². The molecule has 0 fully saturated rings. The van der Waals surface area contributed by atoms with Crippen molar-refractivity contribution in [2.45, 2.75) is 0 Å². The minimum absolute atomic E-state index is 0. The predicted molar refractivity (Wildman–Crippen MR) is 52.5 cm³/mol. The quantitative estimate of drug-likeness (QED) is 0.738. The van der Waals surface area contributed by atoms with Crippen LogP contribution >= 0.6 is 11.6 Å². The summed E-state index contributed by atoms with van der Waals surface area (Å²) in [7, 11) is 0. The van der Waals surface area contributed by atoms with Gasteiger partial charge >= 0.3 is 41.5 Å². The van der Waals surface area contributed by atoms with Crippen LogP contribution in [0.4, 0.5) is 0 Å². The molecule has 1 aromatic rings. The first-order valence-electron chi connectivity index (χ1n) is 3.28. The Morgan fingerprint density at radius 3 is 2.00 bits per heavy atom. The van der Waals surface area contributed by atoms with E-state index in [1.807, 2.05) is 0 Å². The third kappa shape index (κ3) is 2.99. The second-order valence-electron chi connectivity index (χ2n) is 2.30. The van der Waals surface area contributed by atoms with Crippen LogP contribution in [-0.2, 0) is 0 Å². The molecule has 14 heavy (non-hydrogen) atoms. The van der Waals surface area contributed by atoms with Crippen molar-refractivity contribution in [1.29, 1.82) is 0 Å². The van der Waals surface area contributed by atoms with Gasteiger partial charge in [0.25, 0.3) is 0 Å². The van der Waals surface area contributed by atoms with E-state index in [0.717, 1.165) is 12.1 Å². The fourth-order valence-electron chi connectivity index (χ4n) is 0.880. The number of aromatic carboxylic acids is 2. The van der Waals surface area contributed by atoms with Gasteiger partial charge in [-0.1, -0.05) is 11.6 Å². The van der Waals surface area contributed by atoms with Crippen molar-refractivity contribution in [3.05, 3.63) is 34.3 Å². The summed E-state index contributed by atoms with van der Waals surface area (Å²) in [5.41, 5.74) is -0.572. The van der Waals surface area contributed by atoms with E-state index in [9.17, 15) is 9.59 Å². The van der Waals surface area contributed by atoms with Crippen LogP contribution in [0.5, 0.6) is 0 Å². The van der Waals surface area contributed by atoms with E-state index in [1.165, 1.54) is 6.07 Å². The normalized spacial score (nSPS) is 8.93. The number of carboxylic acids is 2. The van der Waals surface area contributed by atoms with Gasteiger partial charge in [-0.15, -0.1) is 0 Å². The number of carbonyl (C=O) groups is 2. The molecule has 0 amide bonds. The van der Waals surface area contributed by atoms with Gasteiger partial charge < -0.3 is 10.2 Å². The van der Waals surface area contributed by atoms with Gasteiger partial charge in [-0.2, -0.15) is 0 Å². The third-order valence-electron chi connectivity index (χ3n) is 1.44. The van der Waals surface area contributed by atoms with E-state index < -0.39 is 11.9 Å². The molecule has 6 heteroatoms. The molecule has 0 aliphatic rings. The molecule has 0 saturated heterocycles. The summed E-state index contributed by atoms with van der Waals surface area (Å²) in [6, 6.07) is 3.60. The Morgan fingerprint density at radius 1 is 1.07 bits per heavy atom. The Hall–Kier alpha value is -0.550. The van der Waals surface area contributed by atoms with Crippen LogP contribution in [0, 0.1) is 0 Å². The Morgan fingerprint density at radius 2 is 1.57 bits per heavy atom. The average Bonchev–Trinajstić information content (AvgIpc) is 2.03. The van der Waals surface area contributed by atoms with Crippen LogP contribution in [0.2, 0.25) is 5.02 Å². The van der Waals surface area contributed by atoms with Gasteiger partial charge in [0, 0.05) is 5.02 Å². The van der Waals surface area contributed by atoms with Gasteiger partial charge in [-0.05, 0) is 18.2 Å². The molecule has 0 radical (unpaired) electrons. The summed E-state index contributed by atoms with van der Waals surface area (Å²) < 4.78 is 0. The topological polar surface area (TPSA) is 74.6 Å². The average molecular weight is 225 g/mol. The van der Waals surface area contributed by atoms with Crippen LogP contribution in [0.15, 0.2) is 18.2 Å². The summed E-state index contributed by atoms with van der Waals surface area (Å²) in [5, 5.41) is 17.4. The SMILES string of the molecule is O=C(O)c1ccc(Cl)cc1C(=O)O.[NaH]. The summed E-state index contributed by atoms with van der Waals surface area (Å²) in [5.74, 6) is -2.59. The molecule has 70 valence electrons. The molecule has 1 rings (SSSR count). The molecular weight excluding hydrogens is 219 g/mol. The van der Waals surface area contributed by atoms with E-state index in [0.29, 0.717) is 0 Å². The molecule has 0 atom stereocenters. The van der Waals surface area contributed by atoms with Gasteiger partial charge in [0.2, 0.25) is 0 Å². The molecule has 0 aromatic heterocycles. The number of hydrogen-bond acceptors (Lipinski definition) is 2. The zero-order valence-corrected chi connectivity index (χ0v) is 7.08. The zero-order chi connectivity index (χ0) is 10.0. The van der Waals surface area contributed by atoms with Crippen molar-refractivity contribution in [1.82, 2.24) is 0 Å². The van der Waals surface area contributed by atoms with Crippen LogP contribution in [0.1, 0.15) is 20.7 Å². The first kappa shape index (κ1) is 13.4. The monoisotopic (exact) mass is 224 g/mol. The molecule has 0 heterocycles. The molecule has 0 aliphatic carbocycles. The Kier molecular flexibility index (Phi) is 5.15. The number of halogens is 1. The Balaban J connectivity index is 0.00000169. The standard InChI is InChI=1S/C8H5ClO4.Na.H/c9-4-1-2-5(7(10)11)6(3-4)8(12)13;;/h1-3H,(H,10,11)(H,12,13);;. The van der Waals surface area contributed by atoms with Crippen molar-refractivity contribution in [3.8, 4) is 0 Å². The zero-order valence-electron chi connectivity index (χ0n) is 6.32. The van der Waals surface area contributed by atoms with Gasteiger partial charge in [0.05, 0.1) is 11.1 Å². The number of rotatable bonds is 2. The maximum atomic E-state index is 10.6. The van der Waals surface area contributed by atoms with Crippen LogP contribution in [-0.4, -0.2) is 51.7 Å². The van der Waals surface area contributed by atoms with Crippen molar-refractivity contribution in [3.63, 3.8) is 0 Å². The number of hydrogen-bond donors (Lipinski definition) is 2.